The third kappa shape index (κ3) is 4.16. The van der Waals surface area contributed by atoms with Crippen LogP contribution in [0, 0.1) is 17.2 Å². The second-order valence-corrected chi connectivity index (χ2v) is 5.26. The summed E-state index contributed by atoms with van der Waals surface area (Å²) in [4.78, 5) is 2.55. The Hall–Kier alpha value is -1.33. The number of hydrogen-bond donors (Lipinski definition) is 0. The molecule has 0 saturated carbocycles. The van der Waals surface area contributed by atoms with E-state index < -0.39 is 0 Å². The van der Waals surface area contributed by atoms with Gasteiger partial charge in [0.1, 0.15) is 0 Å². The van der Waals surface area contributed by atoms with Gasteiger partial charge in [-0.3, -0.25) is 4.90 Å². The maximum Gasteiger partial charge on any atom is 0.0621 e. The van der Waals surface area contributed by atoms with Gasteiger partial charge in [0.25, 0.3) is 0 Å². The molecule has 0 N–H and O–H groups in total. The van der Waals surface area contributed by atoms with Gasteiger partial charge in [-0.25, -0.2) is 0 Å². The lowest BCUT2D eigenvalue weighted by atomic mass is 9.91. The average Bonchev–Trinajstić information content (AvgIpc) is 2.42. The Morgan fingerprint density at radius 3 is 2.56 bits per heavy atom. The van der Waals surface area contributed by atoms with E-state index in [4.69, 9.17) is 5.26 Å². The van der Waals surface area contributed by atoms with Gasteiger partial charge in [-0.05, 0) is 50.3 Å². The summed E-state index contributed by atoms with van der Waals surface area (Å²) in [6.45, 7) is 3.52. The number of unbranched alkanes of at least 4 members (excludes halogenated alkanes) is 1. The Morgan fingerprint density at radius 1 is 1.17 bits per heavy atom. The van der Waals surface area contributed by atoms with Crippen molar-refractivity contribution in [3.63, 3.8) is 0 Å². The van der Waals surface area contributed by atoms with Gasteiger partial charge in [0.2, 0.25) is 0 Å². The van der Waals surface area contributed by atoms with Crippen molar-refractivity contribution in [1.29, 1.82) is 5.26 Å². The van der Waals surface area contributed by atoms with Crippen LogP contribution >= 0.6 is 0 Å². The molecule has 0 aliphatic carbocycles. The first-order valence-corrected chi connectivity index (χ1v) is 7.01. The molecule has 1 aliphatic heterocycles. The van der Waals surface area contributed by atoms with Crippen LogP contribution in [0.25, 0.3) is 0 Å². The van der Waals surface area contributed by atoms with Crippen LogP contribution in [-0.4, -0.2) is 18.0 Å². The first-order valence-electron chi connectivity index (χ1n) is 7.01. The largest absolute Gasteiger partial charge is 0.299 e. The SMILES string of the molecule is N#CCCCC1CCN(Cc2ccccc2)CC1. The van der Waals surface area contributed by atoms with Gasteiger partial charge in [0.05, 0.1) is 6.07 Å². The Labute approximate surface area is 110 Å². The maximum absolute atomic E-state index is 8.54. The van der Waals surface area contributed by atoms with E-state index in [0.29, 0.717) is 0 Å². The van der Waals surface area contributed by atoms with E-state index in [9.17, 15) is 0 Å². The third-order valence-electron chi connectivity index (χ3n) is 3.86. The first-order chi connectivity index (χ1) is 8.88. The highest BCUT2D eigenvalue weighted by Gasteiger charge is 2.18. The number of benzene rings is 1. The maximum atomic E-state index is 8.54. The first kappa shape index (κ1) is 13.1. The smallest absolute Gasteiger partial charge is 0.0621 e. The van der Waals surface area contributed by atoms with Gasteiger partial charge >= 0.3 is 0 Å². The molecule has 0 spiro atoms. The van der Waals surface area contributed by atoms with Crippen LogP contribution in [-0.2, 0) is 6.54 Å². The molecule has 1 heterocycles. The van der Waals surface area contributed by atoms with Crippen molar-refractivity contribution < 1.29 is 0 Å². The lowest BCUT2D eigenvalue weighted by Crippen LogP contribution is -2.33. The van der Waals surface area contributed by atoms with Crippen LogP contribution in [0.4, 0.5) is 0 Å². The summed E-state index contributed by atoms with van der Waals surface area (Å²) >= 11 is 0. The highest BCUT2D eigenvalue weighted by atomic mass is 15.1. The number of piperidine rings is 1. The molecule has 1 fully saturated rings. The summed E-state index contributed by atoms with van der Waals surface area (Å²) in [5.41, 5.74) is 1.42. The topological polar surface area (TPSA) is 27.0 Å². The predicted octanol–water partition coefficient (Wildman–Crippen LogP) is 3.59. The lowest BCUT2D eigenvalue weighted by molar-refractivity contribution is 0.171. The molecule has 0 amide bonds. The van der Waals surface area contributed by atoms with Crippen LogP contribution in [0.1, 0.15) is 37.7 Å². The second kappa shape index (κ2) is 7.18. The summed E-state index contributed by atoms with van der Waals surface area (Å²) in [6, 6.07) is 13.0. The lowest BCUT2D eigenvalue weighted by Gasteiger charge is -2.31. The number of hydrogen-bond acceptors (Lipinski definition) is 2. The fourth-order valence-electron chi connectivity index (χ4n) is 2.74. The molecule has 0 aromatic heterocycles. The van der Waals surface area contributed by atoms with Crippen molar-refractivity contribution in [2.45, 2.75) is 38.6 Å². The van der Waals surface area contributed by atoms with E-state index in [1.807, 2.05) is 0 Å². The molecule has 0 bridgehead atoms. The van der Waals surface area contributed by atoms with Crippen LogP contribution in [0.15, 0.2) is 30.3 Å². The van der Waals surface area contributed by atoms with Gasteiger partial charge in [0.15, 0.2) is 0 Å². The Kier molecular flexibility index (Phi) is 5.23. The molecule has 1 aromatic carbocycles. The van der Waals surface area contributed by atoms with E-state index >= 15 is 0 Å². The molecule has 2 nitrogen and oxygen atoms in total. The summed E-state index contributed by atoms with van der Waals surface area (Å²) in [5, 5.41) is 8.54. The second-order valence-electron chi connectivity index (χ2n) is 5.26. The standard InChI is InChI=1S/C16H22N2/c17-11-5-4-6-15-9-12-18(13-10-15)14-16-7-2-1-3-8-16/h1-3,7-8,15H,4-6,9-10,12-14H2. The Bertz CT molecular complexity index is 372. The minimum atomic E-state index is 0.726. The molecule has 0 atom stereocenters. The van der Waals surface area contributed by atoms with Crippen LogP contribution in [0.5, 0.6) is 0 Å². The molecular weight excluding hydrogens is 220 g/mol. The monoisotopic (exact) mass is 242 g/mol. The number of likely N-dealkylation sites (tertiary alicyclic amines) is 1. The minimum absolute atomic E-state index is 0.726. The fraction of sp³-hybridized carbons (Fsp3) is 0.562. The van der Waals surface area contributed by atoms with Crippen LogP contribution < -0.4 is 0 Å². The van der Waals surface area contributed by atoms with E-state index in [-0.39, 0.29) is 0 Å². The van der Waals surface area contributed by atoms with Gasteiger partial charge in [0, 0.05) is 13.0 Å². The summed E-state index contributed by atoms with van der Waals surface area (Å²) in [6.07, 6.45) is 5.66. The molecule has 1 aromatic rings. The minimum Gasteiger partial charge on any atom is -0.299 e. The molecule has 96 valence electrons. The Morgan fingerprint density at radius 2 is 1.89 bits per heavy atom. The molecule has 0 radical (unpaired) electrons. The van der Waals surface area contributed by atoms with Gasteiger partial charge in [-0.2, -0.15) is 5.26 Å². The zero-order chi connectivity index (χ0) is 12.6. The average molecular weight is 242 g/mol. The summed E-state index contributed by atoms with van der Waals surface area (Å²) in [7, 11) is 0. The molecular formula is C16H22N2. The molecule has 18 heavy (non-hydrogen) atoms. The predicted molar refractivity (Wildman–Crippen MR) is 73.9 cm³/mol. The van der Waals surface area contributed by atoms with Crippen molar-refractivity contribution in [2.24, 2.45) is 5.92 Å². The van der Waals surface area contributed by atoms with Crippen molar-refractivity contribution in [2.75, 3.05) is 13.1 Å². The Balaban J connectivity index is 1.69. The summed E-state index contributed by atoms with van der Waals surface area (Å²) < 4.78 is 0. The zero-order valence-electron chi connectivity index (χ0n) is 11.0. The normalized spacial score (nSPS) is 17.5. The molecule has 2 rings (SSSR count). The number of rotatable bonds is 5. The number of nitriles is 1. The fourth-order valence-corrected chi connectivity index (χ4v) is 2.74. The van der Waals surface area contributed by atoms with Crippen molar-refractivity contribution in [3.05, 3.63) is 35.9 Å². The van der Waals surface area contributed by atoms with Crippen LogP contribution in [0.3, 0.4) is 0 Å². The van der Waals surface area contributed by atoms with E-state index in [1.54, 1.807) is 0 Å². The number of nitrogens with zero attached hydrogens (tertiary/aromatic N) is 2. The van der Waals surface area contributed by atoms with Crippen molar-refractivity contribution in [1.82, 2.24) is 4.90 Å². The third-order valence-corrected chi connectivity index (χ3v) is 3.86. The summed E-state index contributed by atoms with van der Waals surface area (Å²) in [5.74, 6) is 0.852. The quantitative estimate of drug-likeness (QED) is 0.738. The highest BCUT2D eigenvalue weighted by Crippen LogP contribution is 2.23. The van der Waals surface area contributed by atoms with E-state index in [0.717, 1.165) is 25.3 Å². The van der Waals surface area contributed by atoms with E-state index in [1.165, 1.54) is 37.9 Å². The van der Waals surface area contributed by atoms with Crippen LogP contribution in [0.2, 0.25) is 0 Å². The molecule has 1 aliphatic rings. The highest BCUT2D eigenvalue weighted by molar-refractivity contribution is 5.14. The van der Waals surface area contributed by atoms with Crippen molar-refractivity contribution >= 4 is 0 Å². The van der Waals surface area contributed by atoms with Crippen molar-refractivity contribution in [3.8, 4) is 6.07 Å². The van der Waals surface area contributed by atoms with Gasteiger partial charge in [-0.1, -0.05) is 30.3 Å². The zero-order valence-corrected chi connectivity index (χ0v) is 11.0. The molecule has 0 unspecified atom stereocenters. The van der Waals surface area contributed by atoms with Gasteiger partial charge in [-0.15, -0.1) is 0 Å². The molecule has 1 saturated heterocycles. The van der Waals surface area contributed by atoms with E-state index in [2.05, 4.69) is 41.3 Å². The molecule has 2 heteroatoms. The van der Waals surface area contributed by atoms with Gasteiger partial charge < -0.3 is 0 Å².